The fourth-order valence-electron chi connectivity index (χ4n) is 4.70. The highest BCUT2D eigenvalue weighted by molar-refractivity contribution is 7.99. The Morgan fingerprint density at radius 1 is 0.868 bits per heavy atom. The molecule has 3 aromatic carbocycles. The van der Waals surface area contributed by atoms with E-state index in [1.165, 1.54) is 11.8 Å². The van der Waals surface area contributed by atoms with Crippen LogP contribution in [-0.4, -0.2) is 34.6 Å². The second kappa shape index (κ2) is 14.3. The summed E-state index contributed by atoms with van der Waals surface area (Å²) in [5, 5.41) is 5.01. The van der Waals surface area contributed by atoms with Crippen molar-refractivity contribution in [1.29, 1.82) is 0 Å². The molecule has 3 aromatic rings. The molecule has 1 N–H and O–H groups in total. The van der Waals surface area contributed by atoms with Gasteiger partial charge in [-0.2, -0.15) is 0 Å². The van der Waals surface area contributed by atoms with E-state index in [2.05, 4.69) is 5.32 Å². The second-order valence-electron chi connectivity index (χ2n) is 9.54. The highest BCUT2D eigenvalue weighted by Crippen LogP contribution is 2.29. The number of hydrogen-bond donors (Lipinski definition) is 1. The molecule has 0 bridgehead atoms. The Morgan fingerprint density at radius 2 is 1.53 bits per heavy atom. The van der Waals surface area contributed by atoms with E-state index in [1.807, 2.05) is 42.5 Å². The van der Waals surface area contributed by atoms with Crippen LogP contribution < -0.4 is 5.32 Å². The van der Waals surface area contributed by atoms with Gasteiger partial charge in [-0.05, 0) is 53.8 Å². The second-order valence-corrected chi connectivity index (χ2v) is 11.8. The summed E-state index contributed by atoms with van der Waals surface area (Å²) in [7, 11) is 0. The standard InChI is InChI=1S/C30H31Cl3N2O2S/c31-23-15-13-22(14-16-23)18-35(29(36)20-38-19-25-26(32)11-6-12-27(25)33)28(17-21-7-2-1-3-8-21)30(37)34-24-9-4-5-10-24/h1-3,6-8,11-16,24,28H,4-5,9-10,17-20H2,(H,34,37)/t28-/m0/s1. The number of thioether (sulfide) groups is 1. The number of nitrogens with one attached hydrogen (secondary N) is 1. The molecule has 2 amide bonds. The average molecular weight is 590 g/mol. The Labute approximate surface area is 244 Å². The molecule has 0 aliphatic heterocycles. The smallest absolute Gasteiger partial charge is 0.243 e. The van der Waals surface area contributed by atoms with Crippen LogP contribution in [-0.2, 0) is 28.3 Å². The molecule has 0 radical (unpaired) electrons. The number of nitrogens with zero attached hydrogens (tertiary/aromatic N) is 1. The van der Waals surface area contributed by atoms with Crippen molar-refractivity contribution >= 4 is 58.4 Å². The van der Waals surface area contributed by atoms with E-state index < -0.39 is 6.04 Å². The van der Waals surface area contributed by atoms with Crippen molar-refractivity contribution in [2.45, 2.75) is 56.5 Å². The van der Waals surface area contributed by atoms with Gasteiger partial charge in [0.15, 0.2) is 0 Å². The van der Waals surface area contributed by atoms with Crippen LogP contribution in [0.4, 0.5) is 0 Å². The van der Waals surface area contributed by atoms with Gasteiger partial charge < -0.3 is 10.2 Å². The maximum atomic E-state index is 13.8. The first-order valence-corrected chi connectivity index (χ1v) is 15.1. The number of carbonyl (C=O) groups excluding carboxylic acids is 2. The molecule has 4 rings (SSSR count). The predicted octanol–water partition coefficient (Wildman–Crippen LogP) is 7.58. The molecule has 1 atom stereocenters. The first kappa shape index (κ1) is 28.8. The lowest BCUT2D eigenvalue weighted by Crippen LogP contribution is -2.52. The minimum atomic E-state index is -0.648. The summed E-state index contributed by atoms with van der Waals surface area (Å²) in [6.45, 7) is 0.305. The molecule has 1 saturated carbocycles. The zero-order chi connectivity index (χ0) is 26.9. The Morgan fingerprint density at radius 3 is 2.18 bits per heavy atom. The highest BCUT2D eigenvalue weighted by atomic mass is 35.5. The zero-order valence-electron chi connectivity index (χ0n) is 21.0. The van der Waals surface area contributed by atoms with E-state index in [4.69, 9.17) is 34.8 Å². The Kier molecular flexibility index (Phi) is 10.8. The summed E-state index contributed by atoms with van der Waals surface area (Å²) >= 11 is 20.2. The fourth-order valence-corrected chi connectivity index (χ4v) is 6.47. The third-order valence-electron chi connectivity index (χ3n) is 6.77. The normalized spacial score (nSPS) is 14.3. The van der Waals surface area contributed by atoms with Crippen LogP contribution in [0.3, 0.4) is 0 Å². The molecule has 0 aromatic heterocycles. The highest BCUT2D eigenvalue weighted by Gasteiger charge is 2.32. The van der Waals surface area contributed by atoms with Gasteiger partial charge in [-0.15, -0.1) is 11.8 Å². The summed E-state index contributed by atoms with van der Waals surface area (Å²) < 4.78 is 0. The molecule has 1 aliphatic carbocycles. The van der Waals surface area contributed by atoms with Gasteiger partial charge in [-0.25, -0.2) is 0 Å². The molecule has 4 nitrogen and oxygen atoms in total. The average Bonchev–Trinajstić information content (AvgIpc) is 3.42. The number of halogens is 3. The predicted molar refractivity (Wildman–Crippen MR) is 159 cm³/mol. The van der Waals surface area contributed by atoms with Gasteiger partial charge in [0.1, 0.15) is 6.04 Å². The maximum absolute atomic E-state index is 13.8. The van der Waals surface area contributed by atoms with Crippen LogP contribution in [0.2, 0.25) is 15.1 Å². The monoisotopic (exact) mass is 588 g/mol. The number of hydrogen-bond acceptors (Lipinski definition) is 3. The first-order chi connectivity index (χ1) is 18.4. The van der Waals surface area contributed by atoms with Gasteiger partial charge in [0.2, 0.25) is 11.8 Å². The fraction of sp³-hybridized carbons (Fsp3) is 0.333. The summed E-state index contributed by atoms with van der Waals surface area (Å²) in [6, 6.07) is 22.1. The van der Waals surface area contributed by atoms with E-state index in [0.29, 0.717) is 33.8 Å². The zero-order valence-corrected chi connectivity index (χ0v) is 24.1. The molecule has 0 spiro atoms. The van der Waals surface area contributed by atoms with E-state index in [9.17, 15) is 9.59 Å². The molecule has 0 unspecified atom stereocenters. The van der Waals surface area contributed by atoms with E-state index >= 15 is 0 Å². The molecule has 0 saturated heterocycles. The summed E-state index contributed by atoms with van der Waals surface area (Å²) in [5.74, 6) is 0.464. The van der Waals surface area contributed by atoms with Crippen LogP contribution in [0.25, 0.3) is 0 Å². The van der Waals surface area contributed by atoms with Gasteiger partial charge in [0.05, 0.1) is 5.75 Å². The van der Waals surface area contributed by atoms with Crippen molar-refractivity contribution in [2.75, 3.05) is 5.75 Å². The minimum Gasteiger partial charge on any atom is -0.352 e. The number of carbonyl (C=O) groups is 2. The number of amides is 2. The summed E-state index contributed by atoms with van der Waals surface area (Å²) in [5.41, 5.74) is 2.72. The molecular weight excluding hydrogens is 559 g/mol. The van der Waals surface area contributed by atoms with Crippen molar-refractivity contribution in [1.82, 2.24) is 10.2 Å². The summed E-state index contributed by atoms with van der Waals surface area (Å²) in [6.07, 6.45) is 4.61. The van der Waals surface area contributed by atoms with Crippen molar-refractivity contribution < 1.29 is 9.59 Å². The van der Waals surface area contributed by atoms with Gasteiger partial charge >= 0.3 is 0 Å². The van der Waals surface area contributed by atoms with E-state index in [-0.39, 0.29) is 23.6 Å². The maximum Gasteiger partial charge on any atom is 0.243 e. The van der Waals surface area contributed by atoms with Crippen LogP contribution in [0.15, 0.2) is 72.8 Å². The molecule has 1 fully saturated rings. The van der Waals surface area contributed by atoms with Gasteiger partial charge in [0, 0.05) is 39.8 Å². The third kappa shape index (κ3) is 8.16. The SMILES string of the molecule is O=C(NC1CCCC1)[C@H](Cc1ccccc1)N(Cc1ccc(Cl)cc1)C(=O)CSCc1c(Cl)cccc1Cl. The van der Waals surface area contributed by atoms with Crippen molar-refractivity contribution in [3.8, 4) is 0 Å². The van der Waals surface area contributed by atoms with Crippen LogP contribution in [0.1, 0.15) is 42.4 Å². The van der Waals surface area contributed by atoms with Crippen molar-refractivity contribution in [3.05, 3.63) is 105 Å². The molecule has 1 aliphatic rings. The Bertz CT molecular complexity index is 1200. The van der Waals surface area contributed by atoms with Crippen LogP contribution in [0, 0.1) is 0 Å². The molecule has 200 valence electrons. The third-order valence-corrected chi connectivity index (χ3v) is 8.68. The van der Waals surface area contributed by atoms with Crippen LogP contribution >= 0.6 is 46.6 Å². The van der Waals surface area contributed by atoms with E-state index in [0.717, 1.165) is 42.4 Å². The Hall–Kier alpha value is -2.18. The molecule has 0 heterocycles. The van der Waals surface area contributed by atoms with Gasteiger partial charge in [-0.1, -0.05) is 96.2 Å². The van der Waals surface area contributed by atoms with Crippen molar-refractivity contribution in [2.24, 2.45) is 0 Å². The lowest BCUT2D eigenvalue weighted by molar-refractivity contribution is -0.139. The lowest BCUT2D eigenvalue weighted by Gasteiger charge is -2.32. The number of rotatable bonds is 11. The van der Waals surface area contributed by atoms with Crippen LogP contribution in [0.5, 0.6) is 0 Å². The molecular formula is C30H31Cl3N2O2S. The van der Waals surface area contributed by atoms with E-state index in [1.54, 1.807) is 35.2 Å². The quantitative estimate of drug-likeness (QED) is 0.251. The Balaban J connectivity index is 1.57. The van der Waals surface area contributed by atoms with Gasteiger partial charge in [-0.3, -0.25) is 9.59 Å². The lowest BCUT2D eigenvalue weighted by atomic mass is 10.0. The topological polar surface area (TPSA) is 49.4 Å². The largest absolute Gasteiger partial charge is 0.352 e. The van der Waals surface area contributed by atoms with Gasteiger partial charge in [0.25, 0.3) is 0 Å². The first-order valence-electron chi connectivity index (χ1n) is 12.8. The molecule has 38 heavy (non-hydrogen) atoms. The minimum absolute atomic E-state index is 0.109. The van der Waals surface area contributed by atoms with Crippen molar-refractivity contribution in [3.63, 3.8) is 0 Å². The molecule has 8 heteroatoms. The summed E-state index contributed by atoms with van der Waals surface area (Å²) in [4.78, 5) is 29.2. The number of benzene rings is 3.